The molecule has 0 aliphatic heterocycles. The number of hydrogen-bond acceptors (Lipinski definition) is 4. The summed E-state index contributed by atoms with van der Waals surface area (Å²) in [5.74, 6) is 0. The number of fused-ring (bicyclic) bond motifs is 1. The molecule has 0 saturated carbocycles. The molecule has 0 fully saturated rings. The van der Waals surface area contributed by atoms with Crippen molar-refractivity contribution in [3.05, 3.63) is 48.0 Å². The zero-order valence-corrected chi connectivity index (χ0v) is 9.52. The first-order valence-electron chi connectivity index (χ1n) is 5.31. The van der Waals surface area contributed by atoms with E-state index >= 15 is 0 Å². The third-order valence-corrected chi connectivity index (χ3v) is 3.86. The Morgan fingerprint density at radius 1 is 1.06 bits per heavy atom. The normalized spacial score (nSPS) is 18.4. The summed E-state index contributed by atoms with van der Waals surface area (Å²) in [5, 5.41) is 1.25. The van der Waals surface area contributed by atoms with Gasteiger partial charge in [0.1, 0.15) is 0 Å². The second-order valence-corrected chi connectivity index (χ2v) is 4.89. The molecule has 1 unspecified atom stereocenters. The highest BCUT2D eigenvalue weighted by Gasteiger charge is 2.25. The van der Waals surface area contributed by atoms with Gasteiger partial charge in [-0.3, -0.25) is 4.98 Å². The van der Waals surface area contributed by atoms with Crippen molar-refractivity contribution in [2.45, 2.75) is 23.2 Å². The fraction of sp³-hybridized carbons (Fsp3) is 0.250. The van der Waals surface area contributed by atoms with Crippen LogP contribution in [-0.2, 0) is 6.42 Å². The Bertz CT molecular complexity index is 487. The first-order valence-corrected chi connectivity index (χ1v) is 6.19. The van der Waals surface area contributed by atoms with Gasteiger partial charge in [-0.1, -0.05) is 17.8 Å². The monoisotopic (exact) mass is 229 g/mol. The highest BCUT2D eigenvalue weighted by molar-refractivity contribution is 7.99. The molecule has 0 N–H and O–H groups in total. The van der Waals surface area contributed by atoms with Crippen molar-refractivity contribution in [1.82, 2.24) is 15.0 Å². The van der Waals surface area contributed by atoms with Crippen molar-refractivity contribution in [3.8, 4) is 0 Å². The van der Waals surface area contributed by atoms with Gasteiger partial charge in [-0.15, -0.1) is 0 Å². The largest absolute Gasteiger partial charge is 0.260 e. The van der Waals surface area contributed by atoms with Gasteiger partial charge in [0.2, 0.25) is 0 Å². The van der Waals surface area contributed by atoms with Crippen LogP contribution in [0.1, 0.15) is 22.9 Å². The zero-order chi connectivity index (χ0) is 10.8. The quantitative estimate of drug-likeness (QED) is 0.742. The minimum Gasteiger partial charge on any atom is -0.260 e. The summed E-state index contributed by atoms with van der Waals surface area (Å²) in [6.07, 6.45) is 7.68. The van der Waals surface area contributed by atoms with Crippen LogP contribution in [0.25, 0.3) is 0 Å². The van der Waals surface area contributed by atoms with E-state index in [9.17, 15) is 0 Å². The summed E-state index contributed by atoms with van der Waals surface area (Å²) in [5.41, 5.74) is 2.58. The fourth-order valence-corrected chi connectivity index (χ4v) is 3.02. The maximum atomic E-state index is 4.46. The van der Waals surface area contributed by atoms with Crippen molar-refractivity contribution in [2.75, 3.05) is 0 Å². The molecular weight excluding hydrogens is 218 g/mol. The van der Waals surface area contributed by atoms with Crippen LogP contribution < -0.4 is 0 Å². The van der Waals surface area contributed by atoms with E-state index in [1.54, 1.807) is 24.2 Å². The van der Waals surface area contributed by atoms with Crippen LogP contribution in [0.4, 0.5) is 0 Å². The second-order valence-electron chi connectivity index (χ2n) is 3.72. The molecule has 80 valence electrons. The van der Waals surface area contributed by atoms with E-state index in [4.69, 9.17) is 0 Å². The minimum atomic E-state index is 0.415. The molecular formula is C12H11N3S. The lowest BCUT2D eigenvalue weighted by Crippen LogP contribution is -1.93. The maximum Gasteiger partial charge on any atom is 0.188 e. The number of pyridine rings is 1. The summed E-state index contributed by atoms with van der Waals surface area (Å²) in [6.45, 7) is 0. The van der Waals surface area contributed by atoms with Gasteiger partial charge in [0.05, 0.1) is 10.9 Å². The number of rotatable bonds is 2. The molecule has 0 radical (unpaired) electrons. The maximum absolute atomic E-state index is 4.46. The van der Waals surface area contributed by atoms with Crippen molar-refractivity contribution >= 4 is 11.8 Å². The average Bonchev–Trinajstić information content (AvgIpc) is 2.74. The van der Waals surface area contributed by atoms with Crippen LogP contribution in [0.3, 0.4) is 0 Å². The van der Waals surface area contributed by atoms with Gasteiger partial charge in [0, 0.05) is 18.6 Å². The van der Waals surface area contributed by atoms with Crippen LogP contribution >= 0.6 is 11.8 Å². The standard InChI is InChI=1S/C12H11N3S/c1-3-9-4-5-10(11(9)13-6-1)16-12-14-7-2-8-15-12/h1-3,6-8,10H,4-5H2. The zero-order valence-electron chi connectivity index (χ0n) is 8.71. The first-order chi connectivity index (χ1) is 7.93. The lowest BCUT2D eigenvalue weighted by Gasteiger charge is -2.07. The molecule has 16 heavy (non-hydrogen) atoms. The SMILES string of the molecule is c1cnc(SC2CCc3cccnc32)nc1. The Morgan fingerprint density at radius 2 is 1.88 bits per heavy atom. The van der Waals surface area contributed by atoms with Gasteiger partial charge in [-0.05, 0) is 30.5 Å². The molecule has 0 spiro atoms. The minimum absolute atomic E-state index is 0.415. The molecule has 0 saturated heterocycles. The molecule has 3 nitrogen and oxygen atoms in total. The number of thioether (sulfide) groups is 1. The summed E-state index contributed by atoms with van der Waals surface area (Å²) >= 11 is 1.71. The van der Waals surface area contributed by atoms with E-state index in [0.29, 0.717) is 5.25 Å². The third kappa shape index (κ3) is 1.80. The van der Waals surface area contributed by atoms with E-state index in [1.807, 2.05) is 18.3 Å². The fourth-order valence-electron chi connectivity index (χ4n) is 1.96. The van der Waals surface area contributed by atoms with Crippen LogP contribution in [0.15, 0.2) is 41.9 Å². The summed E-state index contributed by atoms with van der Waals surface area (Å²) in [4.78, 5) is 12.9. The molecule has 3 rings (SSSR count). The van der Waals surface area contributed by atoms with E-state index in [1.165, 1.54) is 11.3 Å². The van der Waals surface area contributed by atoms with Crippen LogP contribution in [0.5, 0.6) is 0 Å². The predicted molar refractivity (Wildman–Crippen MR) is 63.2 cm³/mol. The van der Waals surface area contributed by atoms with Gasteiger partial charge < -0.3 is 0 Å². The molecule has 1 aliphatic carbocycles. The van der Waals surface area contributed by atoms with Crippen molar-refractivity contribution < 1.29 is 0 Å². The first kappa shape index (κ1) is 9.78. The Morgan fingerprint density at radius 3 is 2.75 bits per heavy atom. The second kappa shape index (κ2) is 4.22. The molecule has 2 heterocycles. The molecule has 1 aliphatic rings. The van der Waals surface area contributed by atoms with Crippen LogP contribution in [0, 0.1) is 0 Å². The van der Waals surface area contributed by atoms with Crippen LogP contribution in [-0.4, -0.2) is 15.0 Å². The van der Waals surface area contributed by atoms with E-state index in [2.05, 4.69) is 21.0 Å². The van der Waals surface area contributed by atoms with E-state index < -0.39 is 0 Å². The van der Waals surface area contributed by atoms with Gasteiger partial charge in [-0.25, -0.2) is 9.97 Å². The molecule has 0 aromatic carbocycles. The van der Waals surface area contributed by atoms with Gasteiger partial charge >= 0.3 is 0 Å². The Balaban J connectivity index is 1.84. The molecule has 1 atom stereocenters. The van der Waals surface area contributed by atoms with Crippen LogP contribution in [0.2, 0.25) is 0 Å². The van der Waals surface area contributed by atoms with Crippen molar-refractivity contribution in [2.24, 2.45) is 0 Å². The number of aromatic nitrogens is 3. The molecule has 4 heteroatoms. The lowest BCUT2D eigenvalue weighted by molar-refractivity contribution is 0.862. The van der Waals surface area contributed by atoms with Gasteiger partial charge in [0.25, 0.3) is 0 Å². The van der Waals surface area contributed by atoms with Gasteiger partial charge in [-0.2, -0.15) is 0 Å². The van der Waals surface area contributed by atoms with Crippen molar-refractivity contribution in [1.29, 1.82) is 0 Å². The van der Waals surface area contributed by atoms with Gasteiger partial charge in [0.15, 0.2) is 5.16 Å². The number of aryl methyl sites for hydroxylation is 1. The van der Waals surface area contributed by atoms with E-state index in [0.717, 1.165) is 18.0 Å². The third-order valence-electron chi connectivity index (χ3n) is 2.70. The molecule has 0 amide bonds. The van der Waals surface area contributed by atoms with E-state index in [-0.39, 0.29) is 0 Å². The highest BCUT2D eigenvalue weighted by atomic mass is 32.2. The van der Waals surface area contributed by atoms with Crippen molar-refractivity contribution in [3.63, 3.8) is 0 Å². The summed E-state index contributed by atoms with van der Waals surface area (Å²) in [6, 6.07) is 6.00. The summed E-state index contributed by atoms with van der Waals surface area (Å²) < 4.78 is 0. The Kier molecular flexibility index (Phi) is 2.58. The lowest BCUT2D eigenvalue weighted by atomic mass is 10.2. The molecule has 0 bridgehead atoms. The molecule has 2 aromatic rings. The summed E-state index contributed by atoms with van der Waals surface area (Å²) in [7, 11) is 0. The predicted octanol–water partition coefficient (Wildman–Crippen LogP) is 2.65. The number of hydrogen-bond donors (Lipinski definition) is 0. The highest BCUT2D eigenvalue weighted by Crippen LogP contribution is 2.41. The number of nitrogens with zero attached hydrogens (tertiary/aromatic N) is 3. The Labute approximate surface area is 98.4 Å². The topological polar surface area (TPSA) is 38.7 Å². The average molecular weight is 229 g/mol. The molecule has 2 aromatic heterocycles. The smallest absolute Gasteiger partial charge is 0.188 e. The Hall–Kier alpha value is -1.42.